The minimum atomic E-state index is -4.43. The maximum absolute atomic E-state index is 13.1. The van der Waals surface area contributed by atoms with Crippen LogP contribution < -0.4 is 0 Å². The summed E-state index contributed by atoms with van der Waals surface area (Å²) in [5, 5.41) is 9.64. The van der Waals surface area contributed by atoms with Crippen molar-refractivity contribution in [2.75, 3.05) is 13.7 Å². The zero-order valence-corrected chi connectivity index (χ0v) is 13.9. The minimum absolute atomic E-state index is 0.106. The molecule has 1 aromatic heterocycles. The fourth-order valence-corrected chi connectivity index (χ4v) is 2.89. The third-order valence-electron chi connectivity index (χ3n) is 4.16. The first-order valence-electron chi connectivity index (χ1n) is 7.85. The number of methoxy groups -OCH3 is 1. The first-order chi connectivity index (χ1) is 12.3. The van der Waals surface area contributed by atoms with Gasteiger partial charge in [-0.2, -0.15) is 13.2 Å². The Labute approximate surface area is 147 Å². The Morgan fingerprint density at radius 1 is 1.19 bits per heavy atom. The van der Waals surface area contributed by atoms with E-state index >= 15 is 0 Å². The molecule has 2 aromatic carbocycles. The van der Waals surface area contributed by atoms with Gasteiger partial charge in [-0.05, 0) is 48.4 Å². The van der Waals surface area contributed by atoms with Gasteiger partial charge in [-0.25, -0.2) is 4.79 Å². The summed E-state index contributed by atoms with van der Waals surface area (Å²) in [5.74, 6) is -1.07. The summed E-state index contributed by atoms with van der Waals surface area (Å²) in [6, 6.07) is 9.82. The molecule has 1 N–H and O–H groups in total. The molecule has 0 unspecified atom stereocenters. The number of aromatic carboxylic acids is 1. The van der Waals surface area contributed by atoms with E-state index in [1.54, 1.807) is 22.9 Å². The molecular formula is C19H16F3NO3. The van der Waals surface area contributed by atoms with Crippen molar-refractivity contribution < 1.29 is 27.8 Å². The van der Waals surface area contributed by atoms with Crippen LogP contribution in [0.2, 0.25) is 0 Å². The molecule has 3 rings (SSSR count). The van der Waals surface area contributed by atoms with E-state index in [-0.39, 0.29) is 5.56 Å². The number of fused-ring (bicyclic) bond motifs is 1. The van der Waals surface area contributed by atoms with Crippen molar-refractivity contribution in [3.05, 3.63) is 65.4 Å². The lowest BCUT2D eigenvalue weighted by Crippen LogP contribution is -2.04. The lowest BCUT2D eigenvalue weighted by molar-refractivity contribution is -0.137. The SMILES string of the molecule is COCCc1cn(-c2cccc(C(=O)O)c2)c2ccc(C(F)(F)F)cc12. The molecule has 0 spiro atoms. The molecule has 136 valence electrons. The predicted octanol–water partition coefficient (Wildman–Crippen LogP) is 4.54. The number of alkyl halides is 3. The number of carboxylic acids is 1. The van der Waals surface area contributed by atoms with E-state index < -0.39 is 17.7 Å². The number of rotatable bonds is 5. The maximum atomic E-state index is 13.1. The summed E-state index contributed by atoms with van der Waals surface area (Å²) in [6.07, 6.45) is -2.26. The number of aromatic nitrogens is 1. The zero-order chi connectivity index (χ0) is 18.9. The van der Waals surface area contributed by atoms with Crippen LogP contribution >= 0.6 is 0 Å². The molecular weight excluding hydrogens is 347 g/mol. The maximum Gasteiger partial charge on any atom is 0.416 e. The number of hydrogen-bond donors (Lipinski definition) is 1. The van der Waals surface area contributed by atoms with Crippen LogP contribution in [0.25, 0.3) is 16.6 Å². The first-order valence-corrected chi connectivity index (χ1v) is 7.85. The van der Waals surface area contributed by atoms with Gasteiger partial charge in [-0.3, -0.25) is 0 Å². The highest BCUT2D eigenvalue weighted by Gasteiger charge is 2.31. The van der Waals surface area contributed by atoms with Gasteiger partial charge in [0.15, 0.2) is 0 Å². The van der Waals surface area contributed by atoms with E-state index in [0.717, 1.165) is 12.1 Å². The van der Waals surface area contributed by atoms with Crippen molar-refractivity contribution in [3.8, 4) is 5.69 Å². The Morgan fingerprint density at radius 3 is 2.62 bits per heavy atom. The molecule has 0 fully saturated rings. The number of ether oxygens (including phenoxy) is 1. The Kier molecular flexibility index (Phi) is 4.73. The van der Waals surface area contributed by atoms with Gasteiger partial charge in [0.2, 0.25) is 0 Å². The summed E-state index contributed by atoms with van der Waals surface area (Å²) >= 11 is 0. The second-order valence-electron chi connectivity index (χ2n) is 5.85. The van der Waals surface area contributed by atoms with Crippen molar-refractivity contribution in [2.45, 2.75) is 12.6 Å². The van der Waals surface area contributed by atoms with Crippen molar-refractivity contribution in [2.24, 2.45) is 0 Å². The van der Waals surface area contributed by atoms with Gasteiger partial charge in [0.05, 0.1) is 23.3 Å². The van der Waals surface area contributed by atoms with E-state index in [2.05, 4.69) is 0 Å². The summed E-state index contributed by atoms with van der Waals surface area (Å²) in [5.41, 5.74) is 1.23. The quantitative estimate of drug-likeness (QED) is 0.724. The number of halogens is 3. The molecule has 0 bridgehead atoms. The predicted molar refractivity (Wildman–Crippen MR) is 90.8 cm³/mol. The molecule has 0 aliphatic heterocycles. The fraction of sp³-hybridized carbons (Fsp3) is 0.211. The van der Waals surface area contributed by atoms with Crippen LogP contribution in [0, 0.1) is 0 Å². The normalized spacial score (nSPS) is 11.8. The van der Waals surface area contributed by atoms with Crippen LogP contribution in [0.4, 0.5) is 13.2 Å². The highest BCUT2D eigenvalue weighted by Crippen LogP contribution is 2.34. The van der Waals surface area contributed by atoms with Gasteiger partial charge in [0.25, 0.3) is 0 Å². The molecule has 0 atom stereocenters. The van der Waals surface area contributed by atoms with Crippen LogP contribution in [0.3, 0.4) is 0 Å². The number of nitrogens with zero attached hydrogens (tertiary/aromatic N) is 1. The molecule has 0 aliphatic rings. The molecule has 3 aromatic rings. The highest BCUT2D eigenvalue weighted by molar-refractivity contribution is 5.90. The van der Waals surface area contributed by atoms with Crippen LogP contribution in [-0.2, 0) is 17.3 Å². The fourth-order valence-electron chi connectivity index (χ4n) is 2.89. The van der Waals surface area contributed by atoms with Crippen molar-refractivity contribution >= 4 is 16.9 Å². The number of carbonyl (C=O) groups is 1. The van der Waals surface area contributed by atoms with Gasteiger partial charge in [0, 0.05) is 24.4 Å². The number of carboxylic acid groups (broad SMARTS) is 1. The van der Waals surface area contributed by atoms with E-state index in [0.29, 0.717) is 35.2 Å². The Morgan fingerprint density at radius 2 is 1.96 bits per heavy atom. The lowest BCUT2D eigenvalue weighted by atomic mass is 10.1. The van der Waals surface area contributed by atoms with Crippen LogP contribution in [0.1, 0.15) is 21.5 Å². The van der Waals surface area contributed by atoms with Crippen LogP contribution in [0.5, 0.6) is 0 Å². The molecule has 26 heavy (non-hydrogen) atoms. The highest BCUT2D eigenvalue weighted by atomic mass is 19.4. The third kappa shape index (κ3) is 3.43. The number of benzene rings is 2. The van der Waals surface area contributed by atoms with Crippen LogP contribution in [0.15, 0.2) is 48.7 Å². The first kappa shape index (κ1) is 18.0. The van der Waals surface area contributed by atoms with Crippen molar-refractivity contribution in [1.29, 1.82) is 0 Å². The smallest absolute Gasteiger partial charge is 0.416 e. The Hall–Kier alpha value is -2.80. The van der Waals surface area contributed by atoms with Crippen LogP contribution in [-0.4, -0.2) is 29.4 Å². The van der Waals surface area contributed by atoms with Gasteiger partial charge in [0.1, 0.15) is 0 Å². The van der Waals surface area contributed by atoms with E-state index in [4.69, 9.17) is 9.84 Å². The molecule has 0 saturated carbocycles. The van der Waals surface area contributed by atoms with Crippen molar-refractivity contribution in [1.82, 2.24) is 4.57 Å². The minimum Gasteiger partial charge on any atom is -0.478 e. The van der Waals surface area contributed by atoms with E-state index in [9.17, 15) is 18.0 Å². The average Bonchev–Trinajstić information content (AvgIpc) is 2.97. The Bertz CT molecular complexity index is 960. The second-order valence-corrected chi connectivity index (χ2v) is 5.85. The average molecular weight is 363 g/mol. The molecule has 4 nitrogen and oxygen atoms in total. The Balaban J connectivity index is 2.20. The van der Waals surface area contributed by atoms with Gasteiger partial charge in [-0.15, -0.1) is 0 Å². The standard InChI is InChI=1S/C19H16F3NO3/c1-26-8-7-13-11-23(15-4-2-3-12(9-15)18(24)25)17-6-5-14(10-16(13)17)19(20,21)22/h2-6,9-11H,7-8H2,1H3,(H,24,25). The third-order valence-corrected chi connectivity index (χ3v) is 4.16. The van der Waals surface area contributed by atoms with E-state index in [1.807, 2.05) is 0 Å². The summed E-state index contributed by atoms with van der Waals surface area (Å²) in [6.45, 7) is 0.366. The topological polar surface area (TPSA) is 51.5 Å². The molecule has 0 aliphatic carbocycles. The largest absolute Gasteiger partial charge is 0.478 e. The summed E-state index contributed by atoms with van der Waals surface area (Å²) < 4.78 is 46.0. The molecule has 0 saturated heterocycles. The second kappa shape index (κ2) is 6.84. The molecule has 0 radical (unpaired) electrons. The molecule has 0 amide bonds. The molecule has 1 heterocycles. The monoisotopic (exact) mass is 363 g/mol. The summed E-state index contributed by atoms with van der Waals surface area (Å²) in [7, 11) is 1.52. The van der Waals surface area contributed by atoms with Gasteiger partial charge in [-0.1, -0.05) is 6.07 Å². The zero-order valence-electron chi connectivity index (χ0n) is 13.9. The van der Waals surface area contributed by atoms with Gasteiger partial charge >= 0.3 is 12.1 Å². The van der Waals surface area contributed by atoms with Crippen molar-refractivity contribution in [3.63, 3.8) is 0 Å². The molecule has 7 heteroatoms. The van der Waals surface area contributed by atoms with E-state index in [1.165, 1.54) is 25.3 Å². The number of hydrogen-bond acceptors (Lipinski definition) is 2. The summed E-state index contributed by atoms with van der Waals surface area (Å²) in [4.78, 5) is 11.2. The lowest BCUT2D eigenvalue weighted by Gasteiger charge is -2.09. The van der Waals surface area contributed by atoms with Gasteiger partial charge < -0.3 is 14.4 Å².